The van der Waals surface area contributed by atoms with Crippen LogP contribution in [0.25, 0.3) is 0 Å². The molecule has 0 radical (unpaired) electrons. The summed E-state index contributed by atoms with van der Waals surface area (Å²) in [6.07, 6.45) is 0. The Balaban J connectivity index is 2.10. The molecule has 1 aromatic heterocycles. The van der Waals surface area contributed by atoms with E-state index in [9.17, 15) is 4.79 Å². The Morgan fingerprint density at radius 3 is 2.65 bits per heavy atom. The maximum Gasteiger partial charge on any atom is 0.345 e. The summed E-state index contributed by atoms with van der Waals surface area (Å²) in [6.45, 7) is 0.529. The van der Waals surface area contributed by atoms with Crippen LogP contribution in [0.15, 0.2) is 30.3 Å². The lowest BCUT2D eigenvalue weighted by Crippen LogP contribution is -2.00. The molecule has 6 heteroatoms. The van der Waals surface area contributed by atoms with Crippen molar-refractivity contribution >= 4 is 23.0 Å². The highest BCUT2D eigenvalue weighted by Gasteiger charge is 2.08. The Bertz CT molecular complexity index is 609. The van der Waals surface area contributed by atoms with Gasteiger partial charge in [0, 0.05) is 17.5 Å². The van der Waals surface area contributed by atoms with E-state index in [2.05, 4.69) is 5.32 Å². The highest BCUT2D eigenvalue weighted by Crippen LogP contribution is 2.29. The molecule has 0 bridgehead atoms. The van der Waals surface area contributed by atoms with E-state index in [0.29, 0.717) is 17.2 Å². The quantitative estimate of drug-likeness (QED) is 0.856. The van der Waals surface area contributed by atoms with E-state index in [4.69, 9.17) is 14.6 Å². The smallest absolute Gasteiger partial charge is 0.345 e. The van der Waals surface area contributed by atoms with Gasteiger partial charge in [-0.15, -0.1) is 11.3 Å². The first kappa shape index (κ1) is 14.2. The number of hydrogen-bond acceptors (Lipinski definition) is 5. The summed E-state index contributed by atoms with van der Waals surface area (Å²) < 4.78 is 10.4. The van der Waals surface area contributed by atoms with Gasteiger partial charge in [-0.3, -0.25) is 0 Å². The third-order valence-corrected chi connectivity index (χ3v) is 3.81. The minimum absolute atomic E-state index is 0.333. The normalized spacial score (nSPS) is 10.1. The summed E-state index contributed by atoms with van der Waals surface area (Å²) in [4.78, 5) is 12.1. The highest BCUT2D eigenvalue weighted by molar-refractivity contribution is 7.13. The van der Waals surface area contributed by atoms with Crippen LogP contribution < -0.4 is 14.8 Å². The fraction of sp³-hybridized carbons (Fsp3) is 0.214. The van der Waals surface area contributed by atoms with E-state index in [1.165, 1.54) is 11.3 Å². The molecule has 2 rings (SSSR count). The van der Waals surface area contributed by atoms with Gasteiger partial charge in [0.2, 0.25) is 0 Å². The molecule has 0 saturated carbocycles. The van der Waals surface area contributed by atoms with Crippen LogP contribution in [-0.2, 0) is 6.54 Å². The Hall–Kier alpha value is -2.21. The Morgan fingerprint density at radius 1 is 1.25 bits per heavy atom. The number of thiophene rings is 1. The second kappa shape index (κ2) is 6.29. The Morgan fingerprint density at radius 2 is 2.05 bits per heavy atom. The fourth-order valence-corrected chi connectivity index (χ4v) is 2.51. The molecule has 20 heavy (non-hydrogen) atoms. The van der Waals surface area contributed by atoms with E-state index in [-0.39, 0.29) is 0 Å². The highest BCUT2D eigenvalue weighted by atomic mass is 32.1. The first-order valence-corrected chi connectivity index (χ1v) is 6.73. The number of carboxylic acids is 1. The number of carbonyl (C=O) groups is 1. The van der Waals surface area contributed by atoms with Gasteiger partial charge in [-0.2, -0.15) is 0 Å². The predicted molar refractivity (Wildman–Crippen MR) is 78.2 cm³/mol. The third kappa shape index (κ3) is 3.21. The zero-order chi connectivity index (χ0) is 14.5. The van der Waals surface area contributed by atoms with Gasteiger partial charge < -0.3 is 19.9 Å². The van der Waals surface area contributed by atoms with Crippen LogP contribution in [0.5, 0.6) is 11.5 Å². The van der Waals surface area contributed by atoms with Gasteiger partial charge in [0.15, 0.2) is 0 Å². The van der Waals surface area contributed by atoms with Crippen molar-refractivity contribution in [1.82, 2.24) is 0 Å². The molecule has 0 aliphatic rings. The Kier molecular flexibility index (Phi) is 4.47. The molecule has 5 nitrogen and oxygen atoms in total. The van der Waals surface area contributed by atoms with Crippen molar-refractivity contribution in [2.24, 2.45) is 0 Å². The van der Waals surface area contributed by atoms with Crippen molar-refractivity contribution in [3.05, 3.63) is 40.1 Å². The first-order valence-electron chi connectivity index (χ1n) is 5.92. The van der Waals surface area contributed by atoms with Crippen molar-refractivity contribution in [2.45, 2.75) is 6.54 Å². The summed E-state index contributed by atoms with van der Waals surface area (Å²) in [6, 6.07) is 8.88. The molecule has 1 heterocycles. The monoisotopic (exact) mass is 293 g/mol. The summed E-state index contributed by atoms with van der Waals surface area (Å²) in [5, 5.41) is 12.1. The van der Waals surface area contributed by atoms with Crippen molar-refractivity contribution in [3.8, 4) is 11.5 Å². The molecule has 0 aliphatic carbocycles. The molecule has 0 unspecified atom stereocenters. The van der Waals surface area contributed by atoms with E-state index < -0.39 is 5.97 Å². The van der Waals surface area contributed by atoms with E-state index in [1.807, 2.05) is 18.2 Å². The third-order valence-electron chi connectivity index (χ3n) is 2.73. The molecule has 0 spiro atoms. The topological polar surface area (TPSA) is 67.8 Å². The SMILES string of the molecule is COc1ccc(OC)c(NCc2ccc(C(=O)O)s2)c1. The van der Waals surface area contributed by atoms with Crippen LogP contribution in [0.4, 0.5) is 5.69 Å². The van der Waals surface area contributed by atoms with E-state index in [1.54, 1.807) is 26.4 Å². The average molecular weight is 293 g/mol. The zero-order valence-corrected chi connectivity index (χ0v) is 12.0. The Labute approximate surface area is 120 Å². The van der Waals surface area contributed by atoms with Crippen LogP contribution in [0.3, 0.4) is 0 Å². The number of aromatic carboxylic acids is 1. The van der Waals surface area contributed by atoms with Crippen LogP contribution in [0, 0.1) is 0 Å². The zero-order valence-electron chi connectivity index (χ0n) is 11.2. The summed E-state index contributed by atoms with van der Waals surface area (Å²) in [5.41, 5.74) is 0.803. The van der Waals surface area contributed by atoms with Crippen LogP contribution >= 0.6 is 11.3 Å². The van der Waals surface area contributed by atoms with Crippen LogP contribution in [-0.4, -0.2) is 25.3 Å². The number of anilines is 1. The number of methoxy groups -OCH3 is 2. The van der Waals surface area contributed by atoms with Gasteiger partial charge in [0.05, 0.1) is 19.9 Å². The summed E-state index contributed by atoms with van der Waals surface area (Å²) in [7, 11) is 3.20. The van der Waals surface area contributed by atoms with Crippen molar-refractivity contribution < 1.29 is 19.4 Å². The van der Waals surface area contributed by atoms with Crippen LogP contribution in [0.1, 0.15) is 14.5 Å². The molecule has 0 aliphatic heterocycles. The molecule has 0 amide bonds. The standard InChI is InChI=1S/C14H15NO4S/c1-18-9-3-5-12(19-2)11(7-9)15-8-10-4-6-13(20-10)14(16)17/h3-7,15H,8H2,1-2H3,(H,16,17). The largest absolute Gasteiger partial charge is 0.497 e. The van der Waals surface area contributed by atoms with Crippen molar-refractivity contribution in [2.75, 3.05) is 19.5 Å². The molecule has 2 aromatic rings. The number of carboxylic acid groups (broad SMARTS) is 1. The van der Waals surface area contributed by atoms with E-state index >= 15 is 0 Å². The lowest BCUT2D eigenvalue weighted by molar-refractivity contribution is 0.0702. The van der Waals surface area contributed by atoms with Gasteiger partial charge in [0.1, 0.15) is 16.4 Å². The van der Waals surface area contributed by atoms with Crippen molar-refractivity contribution in [3.63, 3.8) is 0 Å². The van der Waals surface area contributed by atoms with E-state index in [0.717, 1.165) is 16.3 Å². The molecule has 0 atom stereocenters. The molecular formula is C14H15NO4S. The maximum atomic E-state index is 10.8. The summed E-state index contributed by atoms with van der Waals surface area (Å²) in [5.74, 6) is 0.534. The summed E-state index contributed by atoms with van der Waals surface area (Å²) >= 11 is 1.25. The van der Waals surface area contributed by atoms with Gasteiger partial charge in [0.25, 0.3) is 0 Å². The lowest BCUT2D eigenvalue weighted by Gasteiger charge is -2.11. The second-order valence-corrected chi connectivity index (χ2v) is 5.16. The predicted octanol–water partition coefficient (Wildman–Crippen LogP) is 3.08. The molecular weight excluding hydrogens is 278 g/mol. The number of benzene rings is 1. The number of hydrogen-bond donors (Lipinski definition) is 2. The minimum Gasteiger partial charge on any atom is -0.497 e. The fourth-order valence-electron chi connectivity index (χ4n) is 1.72. The number of nitrogens with one attached hydrogen (secondary N) is 1. The van der Waals surface area contributed by atoms with Gasteiger partial charge >= 0.3 is 5.97 Å². The minimum atomic E-state index is -0.903. The molecule has 1 aromatic carbocycles. The van der Waals surface area contributed by atoms with Gasteiger partial charge in [-0.25, -0.2) is 4.79 Å². The average Bonchev–Trinajstić information content (AvgIpc) is 2.93. The molecule has 0 saturated heterocycles. The second-order valence-electron chi connectivity index (χ2n) is 3.99. The van der Waals surface area contributed by atoms with Gasteiger partial charge in [-0.1, -0.05) is 0 Å². The molecule has 0 fully saturated rings. The first-order chi connectivity index (χ1) is 9.63. The van der Waals surface area contributed by atoms with Crippen LogP contribution in [0.2, 0.25) is 0 Å². The number of ether oxygens (including phenoxy) is 2. The maximum absolute atomic E-state index is 10.8. The van der Waals surface area contributed by atoms with Crippen molar-refractivity contribution in [1.29, 1.82) is 0 Å². The van der Waals surface area contributed by atoms with Gasteiger partial charge in [-0.05, 0) is 24.3 Å². The number of rotatable bonds is 6. The molecule has 106 valence electrons. The molecule has 2 N–H and O–H groups in total. The lowest BCUT2D eigenvalue weighted by atomic mass is 10.2.